The second kappa shape index (κ2) is 6.43. The van der Waals surface area contributed by atoms with Gasteiger partial charge in [-0.2, -0.15) is 0 Å². The van der Waals surface area contributed by atoms with Crippen molar-refractivity contribution in [2.45, 2.75) is 26.3 Å². The molecule has 0 saturated carbocycles. The van der Waals surface area contributed by atoms with Gasteiger partial charge in [-0.1, -0.05) is 29.8 Å². The van der Waals surface area contributed by atoms with Crippen molar-refractivity contribution >= 4 is 0 Å². The van der Waals surface area contributed by atoms with Gasteiger partial charge in [-0.15, -0.1) is 0 Å². The molecule has 0 amide bonds. The Hall–Kier alpha value is -1.74. The highest BCUT2D eigenvalue weighted by molar-refractivity contribution is 5.22. The standard InChI is InChI=1S/C16H19FN2/c1-12-4-3-5-14(8-12)6-7-19-13(2)15-9-16(17)11-18-10-15/h3-5,8-11,13,19H,6-7H2,1-2H3. The minimum atomic E-state index is -0.287. The van der Waals surface area contributed by atoms with Crippen LogP contribution in [-0.4, -0.2) is 11.5 Å². The number of halogens is 1. The molecule has 19 heavy (non-hydrogen) atoms. The van der Waals surface area contributed by atoms with E-state index < -0.39 is 0 Å². The fraction of sp³-hybridized carbons (Fsp3) is 0.312. The Morgan fingerprint density at radius 3 is 2.84 bits per heavy atom. The fourth-order valence-electron chi connectivity index (χ4n) is 2.08. The number of rotatable bonds is 5. The maximum Gasteiger partial charge on any atom is 0.141 e. The average molecular weight is 258 g/mol. The molecule has 2 aromatic rings. The number of aryl methyl sites for hydroxylation is 1. The quantitative estimate of drug-likeness (QED) is 0.888. The van der Waals surface area contributed by atoms with Crippen molar-refractivity contribution in [1.82, 2.24) is 10.3 Å². The SMILES string of the molecule is Cc1cccc(CCNC(C)c2cncc(F)c2)c1. The molecule has 0 aliphatic rings. The van der Waals surface area contributed by atoms with Crippen molar-refractivity contribution in [3.8, 4) is 0 Å². The van der Waals surface area contributed by atoms with Crippen LogP contribution in [-0.2, 0) is 6.42 Å². The number of benzene rings is 1. The van der Waals surface area contributed by atoms with Gasteiger partial charge in [0.1, 0.15) is 5.82 Å². The van der Waals surface area contributed by atoms with Crippen LogP contribution in [0.4, 0.5) is 4.39 Å². The molecule has 1 aromatic carbocycles. The highest BCUT2D eigenvalue weighted by Gasteiger charge is 2.05. The number of pyridine rings is 1. The number of nitrogens with one attached hydrogen (secondary N) is 1. The van der Waals surface area contributed by atoms with Crippen molar-refractivity contribution in [3.63, 3.8) is 0 Å². The van der Waals surface area contributed by atoms with Gasteiger partial charge in [-0.3, -0.25) is 4.98 Å². The summed E-state index contributed by atoms with van der Waals surface area (Å²) in [6.45, 7) is 4.98. The molecule has 0 saturated heterocycles. The maximum atomic E-state index is 13.1. The van der Waals surface area contributed by atoms with Crippen molar-refractivity contribution in [2.24, 2.45) is 0 Å². The molecule has 2 rings (SSSR count). The maximum absolute atomic E-state index is 13.1. The van der Waals surface area contributed by atoms with Gasteiger partial charge in [0.2, 0.25) is 0 Å². The number of hydrogen-bond donors (Lipinski definition) is 1. The smallest absolute Gasteiger partial charge is 0.141 e. The van der Waals surface area contributed by atoms with E-state index in [0.717, 1.165) is 18.5 Å². The predicted molar refractivity (Wildman–Crippen MR) is 75.5 cm³/mol. The molecular weight excluding hydrogens is 239 g/mol. The van der Waals surface area contributed by atoms with E-state index >= 15 is 0 Å². The van der Waals surface area contributed by atoms with Crippen LogP contribution in [0, 0.1) is 12.7 Å². The largest absolute Gasteiger partial charge is 0.310 e. The van der Waals surface area contributed by atoms with Crippen molar-refractivity contribution in [3.05, 3.63) is 65.2 Å². The molecule has 3 heteroatoms. The molecular formula is C16H19FN2. The highest BCUT2D eigenvalue weighted by Crippen LogP contribution is 2.12. The van der Waals surface area contributed by atoms with Gasteiger partial charge in [0, 0.05) is 12.2 Å². The van der Waals surface area contributed by atoms with E-state index in [0.29, 0.717) is 0 Å². The third kappa shape index (κ3) is 4.14. The number of aromatic nitrogens is 1. The van der Waals surface area contributed by atoms with Gasteiger partial charge in [-0.05, 0) is 44.0 Å². The minimum Gasteiger partial charge on any atom is -0.310 e. The molecule has 1 atom stereocenters. The molecule has 1 heterocycles. The summed E-state index contributed by atoms with van der Waals surface area (Å²) < 4.78 is 13.1. The lowest BCUT2D eigenvalue weighted by Crippen LogP contribution is -2.21. The lowest BCUT2D eigenvalue weighted by Gasteiger charge is -2.14. The third-order valence-electron chi connectivity index (χ3n) is 3.17. The molecule has 1 aromatic heterocycles. The summed E-state index contributed by atoms with van der Waals surface area (Å²) in [4.78, 5) is 3.87. The summed E-state index contributed by atoms with van der Waals surface area (Å²) >= 11 is 0. The Labute approximate surface area is 113 Å². The molecule has 0 fully saturated rings. The molecule has 0 radical (unpaired) electrons. The van der Waals surface area contributed by atoms with Crippen molar-refractivity contribution in [1.29, 1.82) is 0 Å². The number of nitrogens with zero attached hydrogens (tertiary/aromatic N) is 1. The Morgan fingerprint density at radius 2 is 2.11 bits per heavy atom. The van der Waals surface area contributed by atoms with E-state index in [-0.39, 0.29) is 11.9 Å². The van der Waals surface area contributed by atoms with E-state index in [1.807, 2.05) is 6.92 Å². The van der Waals surface area contributed by atoms with Gasteiger partial charge in [-0.25, -0.2) is 4.39 Å². The fourth-order valence-corrected chi connectivity index (χ4v) is 2.08. The first-order valence-corrected chi connectivity index (χ1v) is 6.54. The van der Waals surface area contributed by atoms with Crippen LogP contribution in [0.25, 0.3) is 0 Å². The van der Waals surface area contributed by atoms with Gasteiger partial charge >= 0.3 is 0 Å². The molecule has 1 unspecified atom stereocenters. The van der Waals surface area contributed by atoms with Gasteiger partial charge in [0.15, 0.2) is 0 Å². The minimum absolute atomic E-state index is 0.105. The van der Waals surface area contributed by atoms with E-state index in [2.05, 4.69) is 41.5 Å². The van der Waals surface area contributed by atoms with Gasteiger partial charge < -0.3 is 5.32 Å². The Morgan fingerprint density at radius 1 is 1.26 bits per heavy atom. The summed E-state index contributed by atoms with van der Waals surface area (Å²) in [5.41, 5.74) is 3.47. The van der Waals surface area contributed by atoms with Crippen LogP contribution < -0.4 is 5.32 Å². The normalized spacial score (nSPS) is 12.4. The molecule has 0 spiro atoms. The number of hydrogen-bond acceptors (Lipinski definition) is 2. The van der Waals surface area contributed by atoms with Crippen LogP contribution in [0.2, 0.25) is 0 Å². The van der Waals surface area contributed by atoms with Crippen LogP contribution in [0.1, 0.15) is 29.7 Å². The van der Waals surface area contributed by atoms with Crippen LogP contribution in [0.5, 0.6) is 0 Å². The summed E-state index contributed by atoms with van der Waals surface area (Å²) in [7, 11) is 0. The van der Waals surface area contributed by atoms with E-state index in [1.165, 1.54) is 23.4 Å². The van der Waals surface area contributed by atoms with Crippen molar-refractivity contribution < 1.29 is 4.39 Å². The zero-order valence-electron chi connectivity index (χ0n) is 11.4. The predicted octanol–water partition coefficient (Wildman–Crippen LogP) is 3.42. The van der Waals surface area contributed by atoms with Crippen molar-refractivity contribution in [2.75, 3.05) is 6.54 Å². The highest BCUT2D eigenvalue weighted by atomic mass is 19.1. The monoisotopic (exact) mass is 258 g/mol. The molecule has 0 aliphatic carbocycles. The first kappa shape index (κ1) is 13.7. The lowest BCUT2D eigenvalue weighted by molar-refractivity contribution is 0.563. The van der Waals surface area contributed by atoms with Crippen LogP contribution in [0.15, 0.2) is 42.7 Å². The summed E-state index contributed by atoms with van der Waals surface area (Å²) in [6.07, 6.45) is 3.89. The van der Waals surface area contributed by atoms with Crippen LogP contribution in [0.3, 0.4) is 0 Å². The zero-order valence-corrected chi connectivity index (χ0v) is 11.4. The second-order valence-corrected chi connectivity index (χ2v) is 4.85. The van der Waals surface area contributed by atoms with E-state index in [4.69, 9.17) is 0 Å². The Kier molecular flexibility index (Phi) is 4.63. The molecule has 2 nitrogen and oxygen atoms in total. The van der Waals surface area contributed by atoms with E-state index in [9.17, 15) is 4.39 Å². The average Bonchev–Trinajstić information content (AvgIpc) is 2.38. The van der Waals surface area contributed by atoms with Crippen LogP contribution >= 0.6 is 0 Å². The second-order valence-electron chi connectivity index (χ2n) is 4.85. The summed E-state index contributed by atoms with van der Waals surface area (Å²) in [5, 5.41) is 3.39. The third-order valence-corrected chi connectivity index (χ3v) is 3.17. The molecule has 1 N–H and O–H groups in total. The topological polar surface area (TPSA) is 24.9 Å². The zero-order chi connectivity index (χ0) is 13.7. The van der Waals surface area contributed by atoms with Gasteiger partial charge in [0.25, 0.3) is 0 Å². The summed E-state index contributed by atoms with van der Waals surface area (Å²) in [6, 6.07) is 10.1. The van der Waals surface area contributed by atoms with E-state index in [1.54, 1.807) is 6.20 Å². The molecule has 100 valence electrons. The van der Waals surface area contributed by atoms with Gasteiger partial charge in [0.05, 0.1) is 6.20 Å². The first-order valence-electron chi connectivity index (χ1n) is 6.54. The first-order chi connectivity index (χ1) is 9.15. The molecule has 0 aliphatic heterocycles. The summed E-state index contributed by atoms with van der Waals surface area (Å²) in [5.74, 6) is -0.287. The lowest BCUT2D eigenvalue weighted by atomic mass is 10.1. The molecule has 0 bridgehead atoms. The Bertz CT molecular complexity index is 540. The Balaban J connectivity index is 1.85.